The summed E-state index contributed by atoms with van der Waals surface area (Å²) in [5.74, 6) is -0.392. The van der Waals surface area contributed by atoms with Crippen molar-refractivity contribution in [1.29, 1.82) is 0 Å². The van der Waals surface area contributed by atoms with Gasteiger partial charge in [-0.25, -0.2) is 3.11 Å². The summed E-state index contributed by atoms with van der Waals surface area (Å²) in [6.45, 7) is 2.50. The zero-order valence-corrected chi connectivity index (χ0v) is 10.2. The molecule has 1 heterocycles. The third-order valence-corrected chi connectivity index (χ3v) is 3.17. The van der Waals surface area contributed by atoms with Crippen LogP contribution in [0.1, 0.15) is 12.8 Å². The first-order chi connectivity index (χ1) is 6.88. The van der Waals surface area contributed by atoms with Crippen molar-refractivity contribution in [2.24, 2.45) is 0 Å². The molecule has 0 atom stereocenters. The second-order valence-electron chi connectivity index (χ2n) is 3.41. The van der Waals surface area contributed by atoms with Crippen LogP contribution in [0, 0.1) is 0 Å². The van der Waals surface area contributed by atoms with E-state index in [1.807, 2.05) is 3.11 Å². The number of piperazine rings is 1. The van der Waals surface area contributed by atoms with Crippen LogP contribution in [-0.4, -0.2) is 46.3 Å². The Morgan fingerprint density at radius 2 is 1.73 bits per heavy atom. The summed E-state index contributed by atoms with van der Waals surface area (Å²) in [5.41, 5.74) is 0. The molecule has 0 aromatic carbocycles. The first-order valence-electron chi connectivity index (χ1n) is 4.64. The highest BCUT2D eigenvalue weighted by molar-refractivity contribution is 14.1. The third-order valence-electron chi connectivity index (χ3n) is 2.20. The van der Waals surface area contributed by atoms with E-state index < -0.39 is 24.9 Å². The van der Waals surface area contributed by atoms with E-state index in [2.05, 4.69) is 22.9 Å². The Kier molecular flexibility index (Phi) is 4.63. The summed E-state index contributed by atoms with van der Waals surface area (Å²) in [4.78, 5) is 12.9. The molecule has 1 aliphatic heterocycles. The molecular weight excluding hydrogens is 324 g/mol. The summed E-state index contributed by atoms with van der Waals surface area (Å²) >= 11 is 2.14. The molecule has 1 amide bonds. The Balaban J connectivity index is 2.29. The highest BCUT2D eigenvalue weighted by Gasteiger charge is 2.29. The van der Waals surface area contributed by atoms with Crippen molar-refractivity contribution < 1.29 is 18.0 Å². The van der Waals surface area contributed by atoms with E-state index in [4.69, 9.17) is 0 Å². The van der Waals surface area contributed by atoms with Crippen molar-refractivity contribution in [3.63, 3.8) is 0 Å². The number of carbonyl (C=O) groups excluding carboxylic acids is 1. The van der Waals surface area contributed by atoms with Gasteiger partial charge >= 0.3 is 6.18 Å². The number of halogens is 4. The van der Waals surface area contributed by atoms with Crippen molar-refractivity contribution in [3.05, 3.63) is 0 Å². The summed E-state index contributed by atoms with van der Waals surface area (Å²) in [7, 11) is 0. The fourth-order valence-corrected chi connectivity index (χ4v) is 1.77. The van der Waals surface area contributed by atoms with Crippen LogP contribution in [-0.2, 0) is 4.79 Å². The fraction of sp³-hybridized carbons (Fsp3) is 0.875. The quantitative estimate of drug-likeness (QED) is 0.567. The molecule has 0 aromatic rings. The van der Waals surface area contributed by atoms with Gasteiger partial charge in [0.1, 0.15) is 0 Å². The van der Waals surface area contributed by atoms with Gasteiger partial charge in [0.15, 0.2) is 0 Å². The Morgan fingerprint density at radius 3 is 2.20 bits per heavy atom. The molecule has 0 unspecified atom stereocenters. The van der Waals surface area contributed by atoms with Gasteiger partial charge in [0.25, 0.3) is 0 Å². The zero-order chi connectivity index (χ0) is 11.5. The molecule has 0 spiro atoms. The highest BCUT2D eigenvalue weighted by atomic mass is 127. The lowest BCUT2D eigenvalue weighted by Gasteiger charge is -2.31. The van der Waals surface area contributed by atoms with Crippen LogP contribution in [0.15, 0.2) is 0 Å². The van der Waals surface area contributed by atoms with E-state index in [-0.39, 0.29) is 0 Å². The van der Waals surface area contributed by atoms with Crippen LogP contribution in [0.2, 0.25) is 0 Å². The number of hydrogen-bond acceptors (Lipinski definition) is 2. The van der Waals surface area contributed by atoms with Gasteiger partial charge in [-0.05, 0) is 0 Å². The first kappa shape index (κ1) is 13.0. The standard InChI is InChI=1S/C8H12F3IN2O/c9-8(10,11)2-1-7(15)13-3-5-14(12)6-4-13/h1-6H2. The predicted molar refractivity (Wildman–Crippen MR) is 57.5 cm³/mol. The second-order valence-corrected chi connectivity index (χ2v) is 4.77. The minimum Gasteiger partial charge on any atom is -0.340 e. The van der Waals surface area contributed by atoms with Crippen molar-refractivity contribution in [2.75, 3.05) is 26.2 Å². The van der Waals surface area contributed by atoms with Crippen LogP contribution in [0.3, 0.4) is 0 Å². The Bertz CT molecular complexity index is 226. The Hall–Kier alpha value is -0.0500. The van der Waals surface area contributed by atoms with Gasteiger partial charge in [0.05, 0.1) is 6.42 Å². The number of amides is 1. The van der Waals surface area contributed by atoms with Gasteiger partial charge in [0, 0.05) is 55.5 Å². The highest BCUT2D eigenvalue weighted by Crippen LogP contribution is 2.22. The maximum atomic E-state index is 11.9. The Morgan fingerprint density at radius 1 is 1.20 bits per heavy atom. The molecular formula is C8H12F3IN2O. The van der Waals surface area contributed by atoms with Gasteiger partial charge in [-0.3, -0.25) is 4.79 Å². The minimum atomic E-state index is -4.24. The lowest BCUT2D eigenvalue weighted by atomic mass is 10.2. The van der Waals surface area contributed by atoms with Crippen LogP contribution in [0.25, 0.3) is 0 Å². The Labute approximate surface area is 100 Å². The fourth-order valence-electron chi connectivity index (χ4n) is 1.34. The van der Waals surface area contributed by atoms with Crippen molar-refractivity contribution in [1.82, 2.24) is 8.01 Å². The second kappa shape index (κ2) is 5.33. The normalized spacial score (nSPS) is 19.3. The van der Waals surface area contributed by atoms with Crippen molar-refractivity contribution in [2.45, 2.75) is 19.0 Å². The summed E-state index contributed by atoms with van der Waals surface area (Å²) < 4.78 is 37.6. The number of alkyl halides is 3. The summed E-state index contributed by atoms with van der Waals surface area (Å²) in [5, 5.41) is 0. The zero-order valence-electron chi connectivity index (χ0n) is 8.06. The molecule has 0 aliphatic carbocycles. The number of nitrogens with zero attached hydrogens (tertiary/aromatic N) is 2. The molecule has 1 aliphatic rings. The molecule has 1 fully saturated rings. The van der Waals surface area contributed by atoms with Crippen molar-refractivity contribution in [3.8, 4) is 0 Å². The molecule has 1 saturated heterocycles. The maximum absolute atomic E-state index is 11.9. The van der Waals surface area contributed by atoms with E-state index in [0.29, 0.717) is 13.1 Å². The first-order valence-corrected chi connectivity index (χ1v) is 5.60. The number of hydrogen-bond donors (Lipinski definition) is 0. The SMILES string of the molecule is O=C(CCC(F)(F)F)N1CCN(I)CC1. The largest absolute Gasteiger partial charge is 0.389 e. The average molecular weight is 336 g/mol. The molecule has 0 saturated carbocycles. The van der Waals surface area contributed by atoms with E-state index in [9.17, 15) is 18.0 Å². The lowest BCUT2D eigenvalue weighted by Crippen LogP contribution is -2.45. The van der Waals surface area contributed by atoms with E-state index in [0.717, 1.165) is 13.1 Å². The van der Waals surface area contributed by atoms with Crippen LogP contribution < -0.4 is 0 Å². The van der Waals surface area contributed by atoms with E-state index in [1.165, 1.54) is 4.90 Å². The average Bonchev–Trinajstić information content (AvgIpc) is 2.14. The lowest BCUT2D eigenvalue weighted by molar-refractivity contribution is -0.149. The van der Waals surface area contributed by atoms with E-state index in [1.54, 1.807) is 0 Å². The minimum absolute atomic E-state index is 0.392. The van der Waals surface area contributed by atoms with Gasteiger partial charge in [-0.15, -0.1) is 0 Å². The molecule has 0 bridgehead atoms. The smallest absolute Gasteiger partial charge is 0.340 e. The van der Waals surface area contributed by atoms with Crippen LogP contribution >= 0.6 is 22.9 Å². The summed E-state index contributed by atoms with van der Waals surface area (Å²) in [6, 6.07) is 0. The molecule has 15 heavy (non-hydrogen) atoms. The van der Waals surface area contributed by atoms with Crippen LogP contribution in [0.4, 0.5) is 13.2 Å². The molecule has 88 valence electrons. The molecule has 0 N–H and O–H groups in total. The van der Waals surface area contributed by atoms with Gasteiger partial charge < -0.3 is 4.90 Å². The third kappa shape index (κ3) is 5.01. The van der Waals surface area contributed by atoms with Gasteiger partial charge in [-0.1, -0.05) is 0 Å². The van der Waals surface area contributed by atoms with Gasteiger partial charge in [-0.2, -0.15) is 13.2 Å². The molecule has 1 rings (SSSR count). The maximum Gasteiger partial charge on any atom is 0.389 e. The number of rotatable bonds is 2. The molecule has 3 nitrogen and oxygen atoms in total. The predicted octanol–water partition coefficient (Wildman–Crippen LogP) is 1.82. The topological polar surface area (TPSA) is 23.6 Å². The molecule has 7 heteroatoms. The molecule has 0 radical (unpaired) electrons. The van der Waals surface area contributed by atoms with Crippen molar-refractivity contribution >= 4 is 28.8 Å². The van der Waals surface area contributed by atoms with Crippen LogP contribution in [0.5, 0.6) is 0 Å². The number of carbonyl (C=O) groups is 1. The van der Waals surface area contributed by atoms with Gasteiger partial charge in [0.2, 0.25) is 5.91 Å². The van der Waals surface area contributed by atoms with E-state index >= 15 is 0 Å². The monoisotopic (exact) mass is 336 g/mol. The molecule has 0 aromatic heterocycles. The summed E-state index contributed by atoms with van der Waals surface area (Å²) in [6.07, 6.45) is -5.68.